The van der Waals surface area contributed by atoms with E-state index in [4.69, 9.17) is 0 Å². The van der Waals surface area contributed by atoms with Gasteiger partial charge in [0.25, 0.3) is 0 Å². The first-order chi connectivity index (χ1) is 24.2. The van der Waals surface area contributed by atoms with Crippen LogP contribution in [0.1, 0.15) is 99.3 Å². The van der Waals surface area contributed by atoms with Crippen LogP contribution in [0.2, 0.25) is 0 Å². The smallest absolute Gasteiger partial charge is 0.0417 e. The van der Waals surface area contributed by atoms with E-state index < -0.39 is 0 Å². The van der Waals surface area contributed by atoms with E-state index in [1.807, 2.05) is 0 Å². The third-order valence-corrected chi connectivity index (χ3v) is 12.6. The number of anilines is 2. The highest BCUT2D eigenvalue weighted by Gasteiger charge is 2.45. The molecule has 4 aliphatic carbocycles. The Hall–Kier alpha value is -4.56. The zero-order chi connectivity index (χ0) is 32.4. The Balaban J connectivity index is 0.938. The van der Waals surface area contributed by atoms with E-state index in [1.54, 1.807) is 22.3 Å². The van der Waals surface area contributed by atoms with Gasteiger partial charge in [0.15, 0.2) is 0 Å². The summed E-state index contributed by atoms with van der Waals surface area (Å²) in [7, 11) is 0. The van der Waals surface area contributed by atoms with Gasteiger partial charge in [0, 0.05) is 41.3 Å². The Morgan fingerprint density at radius 2 is 1.06 bits per heavy atom. The molecule has 0 saturated heterocycles. The highest BCUT2D eigenvalue weighted by atomic mass is 15.2. The van der Waals surface area contributed by atoms with Gasteiger partial charge in [0.1, 0.15) is 0 Å². The summed E-state index contributed by atoms with van der Waals surface area (Å²) in [4.78, 5) is 5.16. The molecular weight excluding hydrogens is 593 g/mol. The van der Waals surface area contributed by atoms with E-state index >= 15 is 0 Å². The second-order valence-corrected chi connectivity index (χ2v) is 15.3. The summed E-state index contributed by atoms with van der Waals surface area (Å²) in [6.07, 6.45) is 29.2. The average molecular weight is 639 g/mol. The Kier molecular flexibility index (Phi) is 7.07. The van der Waals surface area contributed by atoms with Crippen LogP contribution in [0.15, 0.2) is 120 Å². The third-order valence-electron chi connectivity index (χ3n) is 12.6. The molecule has 6 aliphatic rings. The van der Waals surface area contributed by atoms with E-state index in [0.717, 1.165) is 13.1 Å². The summed E-state index contributed by atoms with van der Waals surface area (Å²) in [5.41, 5.74) is 17.7. The number of allylic oxidation sites excluding steroid dienone is 6. The van der Waals surface area contributed by atoms with Gasteiger partial charge in [-0.3, -0.25) is 0 Å². The van der Waals surface area contributed by atoms with Crippen LogP contribution in [0, 0.1) is 0 Å². The molecule has 10 rings (SSSR count). The van der Waals surface area contributed by atoms with Crippen molar-refractivity contribution in [3.05, 3.63) is 142 Å². The van der Waals surface area contributed by atoms with Gasteiger partial charge >= 0.3 is 0 Å². The molecule has 0 N–H and O–H groups in total. The lowest BCUT2D eigenvalue weighted by Crippen LogP contribution is -2.29. The summed E-state index contributed by atoms with van der Waals surface area (Å²) >= 11 is 0. The van der Waals surface area contributed by atoms with Gasteiger partial charge < -0.3 is 9.80 Å². The van der Waals surface area contributed by atoms with Gasteiger partial charge in [0.2, 0.25) is 0 Å². The molecule has 4 aromatic rings. The highest BCUT2D eigenvalue weighted by molar-refractivity contribution is 5.90. The zero-order valence-corrected chi connectivity index (χ0v) is 28.7. The highest BCUT2D eigenvalue weighted by Crippen LogP contribution is 2.58. The van der Waals surface area contributed by atoms with Crippen molar-refractivity contribution in [3.63, 3.8) is 0 Å². The summed E-state index contributed by atoms with van der Waals surface area (Å²) in [6.45, 7) is 2.24. The van der Waals surface area contributed by atoms with Crippen LogP contribution in [-0.2, 0) is 5.41 Å². The number of hydrogen-bond donors (Lipinski definition) is 0. The molecule has 49 heavy (non-hydrogen) atoms. The Morgan fingerprint density at radius 1 is 0.510 bits per heavy atom. The summed E-state index contributed by atoms with van der Waals surface area (Å²) in [6, 6.07) is 28.7. The standard InChI is InChI=1S/C47H46N2/c1-3-13-45-35(9-1)11-7-27-48(45)39-21-20-37-29-33(17-19-38(37)31-39)15-16-34-18-23-41-42-24-22-40(49-28-8-12-36-10-2-4-14-46(36)49)32-44(42)47(43(41)30-34)25-5-6-26-47/h3-4,13-24,29-32H,1-2,5-12,25-28H2/b16-15+. The van der Waals surface area contributed by atoms with Crippen molar-refractivity contribution < 1.29 is 0 Å². The van der Waals surface area contributed by atoms with E-state index in [-0.39, 0.29) is 5.41 Å². The number of benzene rings is 4. The topological polar surface area (TPSA) is 6.48 Å². The molecule has 0 aromatic heterocycles. The number of nitrogens with zero attached hydrogens (tertiary/aromatic N) is 2. The van der Waals surface area contributed by atoms with Gasteiger partial charge in [-0.2, -0.15) is 0 Å². The molecule has 2 heterocycles. The van der Waals surface area contributed by atoms with Crippen molar-refractivity contribution in [3.8, 4) is 11.1 Å². The minimum Gasteiger partial charge on any atom is -0.342 e. The number of rotatable bonds is 4. The molecule has 0 bridgehead atoms. The van der Waals surface area contributed by atoms with Gasteiger partial charge in [-0.05, 0) is 162 Å². The Morgan fingerprint density at radius 3 is 1.78 bits per heavy atom. The van der Waals surface area contributed by atoms with Crippen molar-refractivity contribution in [1.82, 2.24) is 0 Å². The first-order valence-corrected chi connectivity index (χ1v) is 19.1. The lowest BCUT2D eigenvalue weighted by atomic mass is 9.76. The van der Waals surface area contributed by atoms with Crippen LogP contribution in [0.5, 0.6) is 0 Å². The van der Waals surface area contributed by atoms with Crippen LogP contribution in [0.25, 0.3) is 34.1 Å². The van der Waals surface area contributed by atoms with Crippen molar-refractivity contribution in [2.75, 3.05) is 22.9 Å². The van der Waals surface area contributed by atoms with E-state index in [1.165, 1.54) is 133 Å². The minimum atomic E-state index is 0.152. The molecule has 0 unspecified atom stereocenters. The molecule has 1 fully saturated rings. The third kappa shape index (κ3) is 4.90. The molecule has 4 aromatic carbocycles. The normalized spacial score (nSPS) is 20.8. The van der Waals surface area contributed by atoms with Crippen LogP contribution in [0.3, 0.4) is 0 Å². The molecule has 0 atom stereocenters. The monoisotopic (exact) mass is 638 g/mol. The van der Waals surface area contributed by atoms with Crippen molar-refractivity contribution in [2.45, 2.75) is 82.5 Å². The fourth-order valence-corrected chi connectivity index (χ4v) is 10.1. The fraction of sp³-hybridized carbons (Fsp3) is 0.319. The maximum atomic E-state index is 2.62. The second-order valence-electron chi connectivity index (χ2n) is 15.3. The van der Waals surface area contributed by atoms with Crippen LogP contribution in [-0.4, -0.2) is 13.1 Å². The van der Waals surface area contributed by atoms with E-state index in [0.29, 0.717) is 0 Å². The van der Waals surface area contributed by atoms with Gasteiger partial charge in [-0.1, -0.05) is 79.6 Å². The molecule has 2 aliphatic heterocycles. The largest absolute Gasteiger partial charge is 0.342 e. The lowest BCUT2D eigenvalue weighted by molar-refractivity contribution is 0.549. The summed E-state index contributed by atoms with van der Waals surface area (Å²) in [5.74, 6) is 0. The van der Waals surface area contributed by atoms with Gasteiger partial charge in [-0.25, -0.2) is 0 Å². The maximum absolute atomic E-state index is 2.62. The molecule has 2 heteroatoms. The van der Waals surface area contributed by atoms with Gasteiger partial charge in [-0.15, -0.1) is 0 Å². The first-order valence-electron chi connectivity index (χ1n) is 19.1. The zero-order valence-electron chi connectivity index (χ0n) is 28.7. The van der Waals surface area contributed by atoms with E-state index in [9.17, 15) is 0 Å². The maximum Gasteiger partial charge on any atom is 0.0417 e. The predicted octanol–water partition coefficient (Wildman–Crippen LogP) is 12.3. The quantitative estimate of drug-likeness (QED) is 0.205. The average Bonchev–Trinajstić information content (AvgIpc) is 3.76. The molecular formula is C47H46N2. The molecule has 244 valence electrons. The minimum absolute atomic E-state index is 0.152. The van der Waals surface area contributed by atoms with E-state index in [2.05, 4.69) is 119 Å². The molecule has 1 spiro atoms. The fourth-order valence-electron chi connectivity index (χ4n) is 10.1. The predicted molar refractivity (Wildman–Crippen MR) is 208 cm³/mol. The van der Waals surface area contributed by atoms with Crippen LogP contribution >= 0.6 is 0 Å². The lowest BCUT2D eigenvalue weighted by Gasteiger charge is -2.35. The van der Waals surface area contributed by atoms with Gasteiger partial charge in [0.05, 0.1) is 0 Å². The Bertz CT molecular complexity index is 2150. The first kappa shape index (κ1) is 29.4. The molecule has 0 amide bonds. The summed E-state index contributed by atoms with van der Waals surface area (Å²) < 4.78 is 0. The molecule has 0 radical (unpaired) electrons. The van der Waals surface area contributed by atoms with Crippen molar-refractivity contribution in [1.29, 1.82) is 0 Å². The molecule has 2 nitrogen and oxygen atoms in total. The van der Waals surface area contributed by atoms with Crippen LogP contribution < -0.4 is 9.80 Å². The molecule has 1 saturated carbocycles. The SMILES string of the molecule is C1=CC2=C(CC1)CCCN2c1ccc2c(c1)C1(CCCC1)c1cc(/C=C/c3ccc4cc(N5CCCC6=C5C=CCC6)ccc4c3)ccc1-2. The van der Waals surface area contributed by atoms with Crippen LogP contribution in [0.4, 0.5) is 11.4 Å². The van der Waals surface area contributed by atoms with Crippen molar-refractivity contribution >= 4 is 34.3 Å². The Labute approximate surface area is 291 Å². The van der Waals surface area contributed by atoms with Crippen molar-refractivity contribution in [2.24, 2.45) is 0 Å². The number of fused-ring (bicyclic) bond motifs is 6. The second kappa shape index (κ2) is 11.8. The number of hydrogen-bond acceptors (Lipinski definition) is 2. The summed E-state index contributed by atoms with van der Waals surface area (Å²) in [5, 5.41) is 2.62.